The second-order valence-electron chi connectivity index (χ2n) is 4.06. The van der Waals surface area contributed by atoms with Gasteiger partial charge < -0.3 is 19.2 Å². The van der Waals surface area contributed by atoms with Crippen LogP contribution in [-0.2, 0) is 30.2 Å². The van der Waals surface area contributed by atoms with Crippen LogP contribution in [0.5, 0.6) is 0 Å². The van der Waals surface area contributed by atoms with Gasteiger partial charge >= 0.3 is 14.5 Å². The summed E-state index contributed by atoms with van der Waals surface area (Å²) in [4.78, 5) is 26.1. The predicted octanol–water partition coefficient (Wildman–Crippen LogP) is 3.01. The van der Waals surface area contributed by atoms with Crippen molar-refractivity contribution in [2.75, 3.05) is 6.61 Å². The van der Waals surface area contributed by atoms with E-state index in [0.717, 1.165) is 12.8 Å². The van der Waals surface area contributed by atoms with Crippen molar-refractivity contribution in [1.29, 1.82) is 0 Å². The molecule has 0 fully saturated rings. The minimum Gasteiger partial charge on any atom is -0.323 e. The van der Waals surface area contributed by atoms with Crippen LogP contribution in [0.2, 0.25) is 0 Å². The highest BCUT2D eigenvalue weighted by Crippen LogP contribution is 2.50. The lowest BCUT2D eigenvalue weighted by atomic mass is 10.1. The van der Waals surface area contributed by atoms with Crippen molar-refractivity contribution in [1.82, 2.24) is 0 Å². The second kappa shape index (κ2) is 10.4. The molecule has 0 aliphatic rings. The van der Waals surface area contributed by atoms with Crippen molar-refractivity contribution in [3.8, 4) is 0 Å². The monoisotopic (exact) mass is 336 g/mol. The highest BCUT2D eigenvalue weighted by molar-refractivity contribution is 8.07. The number of hydrogen-bond acceptors (Lipinski definition) is 5. The molecule has 0 radical (unpaired) electrons. The average molecular weight is 336 g/mol. The Morgan fingerprint density at radius 1 is 0.947 bits per heavy atom. The maximum atomic E-state index is 10.3. The first-order valence-electron chi connectivity index (χ1n) is 6.18. The highest BCUT2D eigenvalue weighted by Gasteiger charge is 2.24. The van der Waals surface area contributed by atoms with E-state index in [0.29, 0.717) is 6.42 Å². The van der Waals surface area contributed by atoms with Crippen molar-refractivity contribution in [3.63, 3.8) is 0 Å². The van der Waals surface area contributed by atoms with E-state index in [4.69, 9.17) is 14.3 Å². The third-order valence-corrected chi connectivity index (χ3v) is 3.88. The molecule has 1 unspecified atom stereocenters. The molecule has 19 heavy (non-hydrogen) atoms. The Balaban J connectivity index is 3.53. The van der Waals surface area contributed by atoms with Crippen molar-refractivity contribution in [3.05, 3.63) is 0 Å². The van der Waals surface area contributed by atoms with E-state index in [9.17, 15) is 9.46 Å². The van der Waals surface area contributed by atoms with Crippen LogP contribution in [0.4, 0.5) is 0 Å². The summed E-state index contributed by atoms with van der Waals surface area (Å²) in [5, 5.41) is 0. The van der Waals surface area contributed by atoms with Gasteiger partial charge in [0.2, 0.25) is 0 Å². The Bertz CT molecular complexity index is 320. The van der Waals surface area contributed by atoms with Gasteiger partial charge in [-0.05, 0) is 18.2 Å². The molecule has 0 aliphatic heterocycles. The summed E-state index contributed by atoms with van der Waals surface area (Å²) < 4.78 is 22.9. The summed E-state index contributed by atoms with van der Waals surface area (Å²) in [5.74, 6) is 0. The molecule has 0 rings (SSSR count). The van der Waals surface area contributed by atoms with Gasteiger partial charge in [-0.1, -0.05) is 45.4 Å². The van der Waals surface area contributed by atoms with E-state index in [-0.39, 0.29) is 6.61 Å². The number of rotatable bonds is 12. The molecule has 3 N–H and O–H groups in total. The molecule has 0 saturated carbocycles. The van der Waals surface area contributed by atoms with Gasteiger partial charge in [0.25, 0.3) is 0 Å². The molecule has 0 aromatic heterocycles. The summed E-state index contributed by atoms with van der Waals surface area (Å²) >= 11 is 4.50. The van der Waals surface area contributed by atoms with Crippen molar-refractivity contribution in [2.45, 2.75) is 51.9 Å². The average Bonchev–Trinajstić information content (AvgIpc) is 2.29. The molecule has 0 aliphatic carbocycles. The Kier molecular flexibility index (Phi) is 10.7. The first-order valence-corrected chi connectivity index (χ1v) is 10.3. The molecule has 0 spiro atoms. The molecule has 0 amide bonds. The summed E-state index contributed by atoms with van der Waals surface area (Å²) in [7, 11) is -4.82. The first-order chi connectivity index (χ1) is 8.77. The van der Waals surface area contributed by atoms with Gasteiger partial charge in [-0.3, -0.25) is 0 Å². The minimum absolute atomic E-state index is 0.173. The molecule has 0 saturated heterocycles. The fraction of sp³-hybridized carbons (Fsp3) is 1.00. The van der Waals surface area contributed by atoms with Gasteiger partial charge in [0.1, 0.15) is 0 Å². The van der Waals surface area contributed by atoms with Gasteiger partial charge in [-0.15, -0.1) is 9.35 Å². The van der Waals surface area contributed by atoms with Gasteiger partial charge in [-0.25, -0.2) is 4.57 Å². The first kappa shape index (κ1) is 19.6. The molecule has 1 atom stereocenters. The quantitative estimate of drug-likeness (QED) is 0.216. The smallest absolute Gasteiger partial charge is 0.323 e. The summed E-state index contributed by atoms with van der Waals surface area (Å²) in [6.45, 7) is -1.41. The maximum Gasteiger partial charge on any atom is 0.497 e. The van der Waals surface area contributed by atoms with Crippen LogP contribution in [-0.4, -0.2) is 21.3 Å². The normalized spacial score (nSPS) is 15.4. The van der Waals surface area contributed by atoms with Crippen molar-refractivity contribution in [2.24, 2.45) is 0 Å². The van der Waals surface area contributed by atoms with Crippen molar-refractivity contribution >= 4 is 26.3 Å². The molecule has 0 heterocycles. The Morgan fingerprint density at radius 2 is 1.47 bits per heavy atom. The number of phosphoric acid groups is 1. The minimum atomic E-state index is -4.82. The lowest BCUT2D eigenvalue weighted by Gasteiger charge is -2.14. The largest absolute Gasteiger partial charge is 0.497 e. The van der Waals surface area contributed by atoms with Gasteiger partial charge in [0, 0.05) is 0 Å². The summed E-state index contributed by atoms with van der Waals surface area (Å²) in [6.07, 6.45) is 7.54. The third kappa shape index (κ3) is 14.9. The van der Waals surface area contributed by atoms with Crippen LogP contribution in [0, 0.1) is 0 Å². The standard InChI is InChI=1S/C9H22O7P2S/c1-2-3-4-5-6-7-8-9-14-18(13,19)16-15-17(10,11)12/h2-9H2,1H3,(H,13,19)(H2,10,11,12). The van der Waals surface area contributed by atoms with E-state index in [1.54, 1.807) is 0 Å². The van der Waals surface area contributed by atoms with Crippen LogP contribution < -0.4 is 0 Å². The molecular formula is C9H22O7P2S. The van der Waals surface area contributed by atoms with Gasteiger partial charge in [0.05, 0.1) is 6.61 Å². The molecule has 0 aromatic carbocycles. The SMILES string of the molecule is CCCCCCCCCOP(O)(=S)OOP(=O)(O)O. The molecule has 116 valence electrons. The second-order valence-corrected chi connectivity index (χ2v) is 7.92. The molecule has 7 nitrogen and oxygen atoms in total. The van der Waals surface area contributed by atoms with Crippen LogP contribution in [0.1, 0.15) is 51.9 Å². The predicted molar refractivity (Wildman–Crippen MR) is 74.7 cm³/mol. The Morgan fingerprint density at radius 3 is 2.00 bits per heavy atom. The van der Waals surface area contributed by atoms with Crippen LogP contribution in [0.15, 0.2) is 0 Å². The van der Waals surface area contributed by atoms with E-state index >= 15 is 0 Å². The zero-order valence-electron chi connectivity index (χ0n) is 10.9. The lowest BCUT2D eigenvalue weighted by Crippen LogP contribution is -1.97. The van der Waals surface area contributed by atoms with Gasteiger partial charge in [0.15, 0.2) is 0 Å². The molecule has 0 bridgehead atoms. The molecule has 10 heteroatoms. The number of unbranched alkanes of at least 4 members (excludes halogenated alkanes) is 6. The van der Waals surface area contributed by atoms with E-state index in [1.807, 2.05) is 0 Å². The topological polar surface area (TPSA) is 105 Å². The van der Waals surface area contributed by atoms with Crippen LogP contribution in [0.3, 0.4) is 0 Å². The van der Waals surface area contributed by atoms with Crippen molar-refractivity contribution < 1.29 is 33.1 Å². The number of hydrogen-bond donors (Lipinski definition) is 3. The third-order valence-electron chi connectivity index (χ3n) is 2.23. The van der Waals surface area contributed by atoms with Crippen LogP contribution in [0.25, 0.3) is 0 Å². The highest BCUT2D eigenvalue weighted by atomic mass is 32.5. The molecule has 0 aromatic rings. The fourth-order valence-corrected chi connectivity index (χ4v) is 2.90. The fourth-order valence-electron chi connectivity index (χ4n) is 1.35. The maximum absolute atomic E-state index is 10.3. The van der Waals surface area contributed by atoms with E-state index in [2.05, 4.69) is 28.1 Å². The van der Waals surface area contributed by atoms with E-state index < -0.39 is 14.5 Å². The summed E-state index contributed by atoms with van der Waals surface area (Å²) in [6, 6.07) is 0. The molecular weight excluding hydrogens is 314 g/mol. The van der Waals surface area contributed by atoms with Crippen LogP contribution >= 0.6 is 14.5 Å². The van der Waals surface area contributed by atoms with E-state index in [1.165, 1.54) is 25.7 Å². The zero-order chi connectivity index (χ0) is 14.8. The zero-order valence-corrected chi connectivity index (χ0v) is 13.5. The summed E-state index contributed by atoms with van der Waals surface area (Å²) in [5.41, 5.74) is 0. The lowest BCUT2D eigenvalue weighted by molar-refractivity contribution is -0.135. The Labute approximate surface area is 118 Å². The Hall–Kier alpha value is 0.640. The van der Waals surface area contributed by atoms with Gasteiger partial charge in [-0.2, -0.15) is 0 Å².